The molecule has 0 aliphatic rings. The Hall–Kier alpha value is -0.990. The van der Waals surface area contributed by atoms with Crippen molar-refractivity contribution in [3.63, 3.8) is 0 Å². The standard InChI is InChI=1S/C6H14O4.C5H4O2S/c7-1-3-9-5-6-10-4-2-8;6-5(7)4-2-1-3-8-4/h7-8H,1-6H2;1-3H,(H,6,7). The van der Waals surface area contributed by atoms with Crippen LogP contribution in [0.15, 0.2) is 17.5 Å². The van der Waals surface area contributed by atoms with Gasteiger partial charge >= 0.3 is 5.97 Å². The SMILES string of the molecule is O=C(O)c1cccs1.OCCOCCOCCO. The molecule has 0 saturated heterocycles. The molecule has 0 saturated carbocycles. The van der Waals surface area contributed by atoms with Crippen molar-refractivity contribution in [1.82, 2.24) is 0 Å². The third-order valence-electron chi connectivity index (χ3n) is 1.58. The minimum Gasteiger partial charge on any atom is -0.477 e. The second-order valence-electron chi connectivity index (χ2n) is 2.95. The van der Waals surface area contributed by atoms with E-state index in [-0.39, 0.29) is 13.2 Å². The minimum atomic E-state index is -0.847. The van der Waals surface area contributed by atoms with Gasteiger partial charge in [-0.05, 0) is 11.4 Å². The first-order chi connectivity index (χ1) is 8.72. The molecule has 7 heteroatoms. The van der Waals surface area contributed by atoms with Crippen LogP contribution in [-0.2, 0) is 9.47 Å². The summed E-state index contributed by atoms with van der Waals surface area (Å²) in [5.74, 6) is -0.847. The van der Waals surface area contributed by atoms with Crippen molar-refractivity contribution in [2.75, 3.05) is 39.6 Å². The van der Waals surface area contributed by atoms with E-state index in [0.717, 1.165) is 0 Å². The summed E-state index contributed by atoms with van der Waals surface area (Å²) in [5.41, 5.74) is 0. The second kappa shape index (κ2) is 12.5. The van der Waals surface area contributed by atoms with Crippen LogP contribution in [0, 0.1) is 0 Å². The average Bonchev–Trinajstić information content (AvgIpc) is 2.88. The molecule has 0 fully saturated rings. The van der Waals surface area contributed by atoms with Crippen LogP contribution in [0.2, 0.25) is 0 Å². The van der Waals surface area contributed by atoms with Crippen molar-refractivity contribution in [2.24, 2.45) is 0 Å². The van der Waals surface area contributed by atoms with Crippen molar-refractivity contribution in [1.29, 1.82) is 0 Å². The number of aliphatic hydroxyl groups excluding tert-OH is 2. The summed E-state index contributed by atoms with van der Waals surface area (Å²) in [7, 11) is 0. The normalized spacial score (nSPS) is 9.67. The van der Waals surface area contributed by atoms with Gasteiger partial charge in [-0.3, -0.25) is 0 Å². The molecule has 0 aliphatic heterocycles. The van der Waals surface area contributed by atoms with Gasteiger partial charge in [-0.2, -0.15) is 0 Å². The first-order valence-corrected chi connectivity index (χ1v) is 6.24. The molecule has 0 atom stereocenters. The Morgan fingerprint density at radius 2 is 1.67 bits per heavy atom. The van der Waals surface area contributed by atoms with Gasteiger partial charge in [0.15, 0.2) is 0 Å². The van der Waals surface area contributed by atoms with E-state index in [9.17, 15) is 4.79 Å². The number of rotatable bonds is 8. The highest BCUT2D eigenvalue weighted by molar-refractivity contribution is 7.11. The van der Waals surface area contributed by atoms with Crippen LogP contribution in [0.3, 0.4) is 0 Å². The third-order valence-corrected chi connectivity index (χ3v) is 2.43. The molecular formula is C11H18O6S. The van der Waals surface area contributed by atoms with E-state index in [1.807, 2.05) is 0 Å². The van der Waals surface area contributed by atoms with Gasteiger partial charge in [0.05, 0.1) is 39.6 Å². The first-order valence-electron chi connectivity index (χ1n) is 5.36. The lowest BCUT2D eigenvalue weighted by Crippen LogP contribution is -2.09. The molecule has 3 N–H and O–H groups in total. The van der Waals surface area contributed by atoms with Crippen molar-refractivity contribution in [3.05, 3.63) is 22.4 Å². The van der Waals surface area contributed by atoms with Crippen LogP contribution >= 0.6 is 11.3 Å². The smallest absolute Gasteiger partial charge is 0.345 e. The number of thiophene rings is 1. The number of carboxylic acids is 1. The highest BCUT2D eigenvalue weighted by Gasteiger charge is 1.99. The Labute approximate surface area is 109 Å². The monoisotopic (exact) mass is 278 g/mol. The summed E-state index contributed by atoms with van der Waals surface area (Å²) in [5, 5.41) is 26.5. The number of aliphatic hydroxyl groups is 2. The maximum atomic E-state index is 10.1. The van der Waals surface area contributed by atoms with Gasteiger partial charge in [-0.25, -0.2) is 4.79 Å². The topological polar surface area (TPSA) is 96.2 Å². The molecule has 0 radical (unpaired) electrons. The maximum Gasteiger partial charge on any atom is 0.345 e. The molecule has 1 aromatic heterocycles. The molecule has 1 rings (SSSR count). The fourth-order valence-corrected chi connectivity index (χ4v) is 1.41. The zero-order valence-electron chi connectivity index (χ0n) is 9.95. The highest BCUT2D eigenvalue weighted by Crippen LogP contribution is 2.06. The Bertz CT molecular complexity index is 280. The number of hydrogen-bond acceptors (Lipinski definition) is 6. The van der Waals surface area contributed by atoms with Crippen molar-refractivity contribution < 1.29 is 29.6 Å². The lowest BCUT2D eigenvalue weighted by molar-refractivity contribution is 0.0222. The van der Waals surface area contributed by atoms with E-state index in [2.05, 4.69) is 0 Å². The molecule has 0 amide bonds. The molecule has 6 nitrogen and oxygen atoms in total. The van der Waals surface area contributed by atoms with Crippen LogP contribution in [0.25, 0.3) is 0 Å². The molecule has 104 valence electrons. The van der Waals surface area contributed by atoms with Crippen molar-refractivity contribution in [2.45, 2.75) is 0 Å². The third kappa shape index (κ3) is 10.2. The summed E-state index contributed by atoms with van der Waals surface area (Å²) in [6.45, 7) is 1.73. The molecule has 1 aromatic rings. The van der Waals surface area contributed by atoms with Crippen LogP contribution in [0.5, 0.6) is 0 Å². The maximum absolute atomic E-state index is 10.1. The summed E-state index contributed by atoms with van der Waals surface area (Å²) >= 11 is 1.23. The Kier molecular flexibility index (Phi) is 11.8. The first kappa shape index (κ1) is 17.0. The van der Waals surface area contributed by atoms with E-state index < -0.39 is 5.97 Å². The van der Waals surface area contributed by atoms with Gasteiger partial charge in [0.2, 0.25) is 0 Å². The van der Waals surface area contributed by atoms with Crippen LogP contribution in [0.4, 0.5) is 0 Å². The van der Waals surface area contributed by atoms with Gasteiger partial charge in [0, 0.05) is 0 Å². The number of aromatic carboxylic acids is 1. The number of carbonyl (C=O) groups is 1. The zero-order valence-corrected chi connectivity index (χ0v) is 10.8. The van der Waals surface area contributed by atoms with E-state index in [0.29, 0.717) is 31.3 Å². The Balaban J connectivity index is 0.000000327. The summed E-state index contributed by atoms with van der Waals surface area (Å²) in [6, 6.07) is 3.29. The van der Waals surface area contributed by atoms with Gasteiger partial charge in [0.1, 0.15) is 4.88 Å². The predicted octanol–water partition coefficient (Wildman–Crippen LogP) is 0.450. The van der Waals surface area contributed by atoms with E-state index in [1.54, 1.807) is 17.5 Å². The predicted molar refractivity (Wildman–Crippen MR) is 67.1 cm³/mol. The lowest BCUT2D eigenvalue weighted by atomic mass is 10.5. The van der Waals surface area contributed by atoms with Gasteiger partial charge < -0.3 is 24.8 Å². The molecular weight excluding hydrogens is 260 g/mol. The number of ether oxygens (including phenoxy) is 2. The summed E-state index contributed by atoms with van der Waals surface area (Å²) in [4.78, 5) is 10.5. The molecule has 0 bridgehead atoms. The quantitative estimate of drug-likeness (QED) is 0.597. The number of hydrogen-bond donors (Lipinski definition) is 3. The van der Waals surface area contributed by atoms with Crippen LogP contribution < -0.4 is 0 Å². The zero-order chi connectivity index (χ0) is 13.6. The van der Waals surface area contributed by atoms with Crippen LogP contribution in [0.1, 0.15) is 9.67 Å². The van der Waals surface area contributed by atoms with Gasteiger partial charge in [0.25, 0.3) is 0 Å². The van der Waals surface area contributed by atoms with Gasteiger partial charge in [-0.15, -0.1) is 11.3 Å². The second-order valence-corrected chi connectivity index (χ2v) is 3.90. The van der Waals surface area contributed by atoms with Gasteiger partial charge in [-0.1, -0.05) is 6.07 Å². The van der Waals surface area contributed by atoms with Crippen molar-refractivity contribution >= 4 is 17.3 Å². The van der Waals surface area contributed by atoms with Crippen molar-refractivity contribution in [3.8, 4) is 0 Å². The Morgan fingerprint density at radius 1 is 1.11 bits per heavy atom. The lowest BCUT2D eigenvalue weighted by Gasteiger charge is -2.01. The largest absolute Gasteiger partial charge is 0.477 e. The Morgan fingerprint density at radius 3 is 1.94 bits per heavy atom. The fourth-order valence-electron chi connectivity index (χ4n) is 0.851. The summed E-state index contributed by atoms with van der Waals surface area (Å²) < 4.78 is 9.75. The van der Waals surface area contributed by atoms with E-state index >= 15 is 0 Å². The van der Waals surface area contributed by atoms with E-state index in [1.165, 1.54) is 11.3 Å². The molecule has 0 spiro atoms. The van der Waals surface area contributed by atoms with Crippen LogP contribution in [-0.4, -0.2) is 60.9 Å². The van der Waals surface area contributed by atoms with E-state index in [4.69, 9.17) is 24.8 Å². The highest BCUT2D eigenvalue weighted by atomic mass is 32.1. The molecule has 1 heterocycles. The fraction of sp³-hybridized carbons (Fsp3) is 0.545. The number of carboxylic acid groups (broad SMARTS) is 1. The molecule has 0 aliphatic carbocycles. The molecule has 18 heavy (non-hydrogen) atoms. The average molecular weight is 278 g/mol. The summed E-state index contributed by atoms with van der Waals surface area (Å²) in [6.07, 6.45) is 0. The molecule has 0 aromatic carbocycles. The minimum absolute atomic E-state index is 0.0417. The molecule has 0 unspecified atom stereocenters.